The number of amides is 1. The van der Waals surface area contributed by atoms with Gasteiger partial charge in [-0.15, -0.1) is 11.3 Å². The van der Waals surface area contributed by atoms with Gasteiger partial charge in [-0.3, -0.25) is 4.79 Å². The summed E-state index contributed by atoms with van der Waals surface area (Å²) in [7, 11) is 0. The minimum atomic E-state index is -0.789. The Balaban J connectivity index is 1.65. The molecule has 1 aromatic heterocycles. The highest BCUT2D eigenvalue weighted by molar-refractivity contribution is 7.10. The van der Waals surface area contributed by atoms with Crippen molar-refractivity contribution in [1.29, 1.82) is 0 Å². The van der Waals surface area contributed by atoms with Crippen LogP contribution in [-0.4, -0.2) is 18.5 Å². The van der Waals surface area contributed by atoms with E-state index in [4.69, 9.17) is 16.3 Å². The molecule has 0 unspecified atom stereocenters. The molecule has 0 saturated carbocycles. The summed E-state index contributed by atoms with van der Waals surface area (Å²) in [6, 6.07) is 16.3. The predicted molar refractivity (Wildman–Crippen MR) is 102 cm³/mol. The van der Waals surface area contributed by atoms with Gasteiger partial charge in [0, 0.05) is 4.88 Å². The monoisotopic (exact) mass is 403 g/mol. The van der Waals surface area contributed by atoms with Crippen molar-refractivity contribution in [2.75, 3.05) is 6.61 Å². The van der Waals surface area contributed by atoms with E-state index in [1.807, 2.05) is 47.8 Å². The number of esters is 1. The molecule has 0 spiro atoms. The fourth-order valence-corrected chi connectivity index (χ4v) is 3.53. The Bertz CT molecular complexity index is 932. The summed E-state index contributed by atoms with van der Waals surface area (Å²) in [6.07, 6.45) is 0. The van der Waals surface area contributed by atoms with E-state index in [1.165, 1.54) is 17.4 Å². The van der Waals surface area contributed by atoms with E-state index in [2.05, 4.69) is 5.32 Å². The van der Waals surface area contributed by atoms with Crippen molar-refractivity contribution in [2.24, 2.45) is 0 Å². The molecule has 0 radical (unpaired) electrons. The highest BCUT2D eigenvalue weighted by Gasteiger charge is 2.19. The highest BCUT2D eigenvalue weighted by Crippen LogP contribution is 2.26. The molecule has 2 aromatic carbocycles. The summed E-state index contributed by atoms with van der Waals surface area (Å²) in [6.45, 7) is -0.471. The number of carbonyl (C=O) groups excluding carboxylic acids is 2. The maximum atomic E-state index is 13.1. The Morgan fingerprint density at radius 1 is 1.11 bits per heavy atom. The number of hydrogen-bond donors (Lipinski definition) is 1. The third kappa shape index (κ3) is 4.93. The first-order valence-electron chi connectivity index (χ1n) is 8.04. The van der Waals surface area contributed by atoms with Crippen molar-refractivity contribution in [3.63, 3.8) is 0 Å². The number of nitrogens with one attached hydrogen (secondary N) is 1. The molecule has 0 bridgehead atoms. The van der Waals surface area contributed by atoms with Crippen LogP contribution in [0.4, 0.5) is 4.39 Å². The van der Waals surface area contributed by atoms with Gasteiger partial charge >= 0.3 is 5.97 Å². The predicted octanol–water partition coefficient (Wildman–Crippen LogP) is 4.60. The molecule has 0 fully saturated rings. The van der Waals surface area contributed by atoms with E-state index < -0.39 is 24.3 Å². The van der Waals surface area contributed by atoms with E-state index >= 15 is 0 Å². The van der Waals surface area contributed by atoms with Gasteiger partial charge < -0.3 is 10.1 Å². The second kappa shape index (κ2) is 8.79. The van der Waals surface area contributed by atoms with Crippen LogP contribution in [0.15, 0.2) is 66.0 Å². The van der Waals surface area contributed by atoms with Crippen LogP contribution >= 0.6 is 22.9 Å². The van der Waals surface area contributed by atoms with Gasteiger partial charge in [0.25, 0.3) is 5.91 Å². The van der Waals surface area contributed by atoms with Crippen LogP contribution in [0.3, 0.4) is 0 Å². The molecule has 3 aromatic rings. The molecule has 0 saturated heterocycles. The normalized spacial score (nSPS) is 11.6. The van der Waals surface area contributed by atoms with Crippen LogP contribution in [0.1, 0.15) is 26.8 Å². The molecule has 1 atom stereocenters. The summed E-state index contributed by atoms with van der Waals surface area (Å²) in [5.74, 6) is -1.80. The highest BCUT2D eigenvalue weighted by atomic mass is 35.5. The van der Waals surface area contributed by atoms with Crippen LogP contribution in [0.5, 0.6) is 0 Å². The van der Waals surface area contributed by atoms with Crippen molar-refractivity contribution in [3.8, 4) is 0 Å². The van der Waals surface area contributed by atoms with Crippen LogP contribution < -0.4 is 5.32 Å². The lowest BCUT2D eigenvalue weighted by Crippen LogP contribution is -2.32. The second-order valence-electron chi connectivity index (χ2n) is 5.63. The molecule has 4 nitrogen and oxygen atoms in total. The van der Waals surface area contributed by atoms with Crippen molar-refractivity contribution in [3.05, 3.63) is 92.9 Å². The summed E-state index contributed by atoms with van der Waals surface area (Å²) >= 11 is 7.35. The zero-order valence-corrected chi connectivity index (χ0v) is 15.6. The average Bonchev–Trinajstić information content (AvgIpc) is 3.19. The number of ether oxygens (including phenoxy) is 1. The summed E-state index contributed by atoms with van der Waals surface area (Å²) in [5, 5.41) is 4.72. The lowest BCUT2D eigenvalue weighted by Gasteiger charge is -2.18. The molecule has 7 heteroatoms. The number of benzene rings is 2. The SMILES string of the molecule is O=C(COC(=O)c1ccc(F)cc1Cl)N[C@@H](c1ccccc1)c1cccs1. The number of rotatable bonds is 6. The van der Waals surface area contributed by atoms with E-state index in [9.17, 15) is 14.0 Å². The lowest BCUT2D eigenvalue weighted by atomic mass is 10.1. The minimum Gasteiger partial charge on any atom is -0.452 e. The molecular formula is C20H15ClFNO3S. The zero-order chi connectivity index (χ0) is 19.2. The van der Waals surface area contributed by atoms with Crippen LogP contribution in [0, 0.1) is 5.82 Å². The molecule has 0 aliphatic rings. The Morgan fingerprint density at radius 2 is 1.89 bits per heavy atom. The molecule has 1 amide bonds. The van der Waals surface area contributed by atoms with Gasteiger partial charge in [-0.2, -0.15) is 0 Å². The Morgan fingerprint density at radius 3 is 2.56 bits per heavy atom. The van der Waals surface area contributed by atoms with Gasteiger partial charge in [0.1, 0.15) is 5.82 Å². The number of hydrogen-bond acceptors (Lipinski definition) is 4. The maximum Gasteiger partial charge on any atom is 0.340 e. The molecular weight excluding hydrogens is 389 g/mol. The Labute approximate surface area is 164 Å². The maximum absolute atomic E-state index is 13.1. The fourth-order valence-electron chi connectivity index (χ4n) is 2.49. The summed E-state index contributed by atoms with van der Waals surface area (Å²) < 4.78 is 18.1. The van der Waals surface area contributed by atoms with Crippen LogP contribution in [0.2, 0.25) is 5.02 Å². The van der Waals surface area contributed by atoms with Gasteiger partial charge in [-0.1, -0.05) is 48.0 Å². The van der Waals surface area contributed by atoms with Crippen molar-refractivity contribution in [1.82, 2.24) is 5.32 Å². The van der Waals surface area contributed by atoms with Crippen molar-refractivity contribution < 1.29 is 18.7 Å². The molecule has 27 heavy (non-hydrogen) atoms. The molecule has 3 rings (SSSR count). The largest absolute Gasteiger partial charge is 0.452 e. The topological polar surface area (TPSA) is 55.4 Å². The quantitative estimate of drug-likeness (QED) is 0.612. The molecule has 0 aliphatic heterocycles. The Kier molecular flexibility index (Phi) is 6.21. The van der Waals surface area contributed by atoms with Gasteiger partial charge in [0.2, 0.25) is 0 Å². The first-order valence-corrected chi connectivity index (χ1v) is 9.30. The fraction of sp³-hybridized carbons (Fsp3) is 0.100. The smallest absolute Gasteiger partial charge is 0.340 e. The van der Waals surface area contributed by atoms with Crippen molar-refractivity contribution in [2.45, 2.75) is 6.04 Å². The van der Waals surface area contributed by atoms with Gasteiger partial charge in [0.05, 0.1) is 16.6 Å². The average molecular weight is 404 g/mol. The standard InChI is InChI=1S/C20H15ClFNO3S/c21-16-11-14(22)8-9-15(16)20(25)26-12-18(24)23-19(17-7-4-10-27-17)13-5-2-1-3-6-13/h1-11,19H,12H2,(H,23,24)/t19-/m0/s1. The second-order valence-corrected chi connectivity index (χ2v) is 7.01. The number of carbonyl (C=O) groups is 2. The summed E-state index contributed by atoms with van der Waals surface area (Å²) in [4.78, 5) is 25.3. The third-order valence-electron chi connectivity index (χ3n) is 3.75. The van der Waals surface area contributed by atoms with Gasteiger partial charge in [-0.05, 0) is 35.2 Å². The van der Waals surface area contributed by atoms with E-state index in [0.717, 1.165) is 22.6 Å². The molecule has 1 N–H and O–H groups in total. The lowest BCUT2D eigenvalue weighted by molar-refractivity contribution is -0.124. The third-order valence-corrected chi connectivity index (χ3v) is 5.00. The minimum absolute atomic E-state index is 0.00346. The van der Waals surface area contributed by atoms with Gasteiger partial charge in [0.15, 0.2) is 6.61 Å². The summed E-state index contributed by atoms with van der Waals surface area (Å²) in [5.41, 5.74) is 0.921. The molecule has 1 heterocycles. The van der Waals surface area contributed by atoms with E-state index in [1.54, 1.807) is 0 Å². The van der Waals surface area contributed by atoms with Gasteiger partial charge in [-0.25, -0.2) is 9.18 Å². The number of halogens is 2. The number of thiophene rings is 1. The van der Waals surface area contributed by atoms with Crippen molar-refractivity contribution >= 4 is 34.8 Å². The van der Waals surface area contributed by atoms with E-state index in [-0.39, 0.29) is 16.6 Å². The van der Waals surface area contributed by atoms with Crippen LogP contribution in [-0.2, 0) is 9.53 Å². The van der Waals surface area contributed by atoms with E-state index in [0.29, 0.717) is 0 Å². The Hall–Kier alpha value is -2.70. The zero-order valence-electron chi connectivity index (χ0n) is 14.0. The molecule has 0 aliphatic carbocycles. The first kappa shape index (κ1) is 19.1. The first-order chi connectivity index (χ1) is 13.0. The van der Waals surface area contributed by atoms with Crippen LogP contribution in [0.25, 0.3) is 0 Å². The molecule has 138 valence electrons.